The van der Waals surface area contributed by atoms with Crippen LogP contribution < -0.4 is 5.73 Å². The van der Waals surface area contributed by atoms with E-state index >= 15 is 0 Å². The summed E-state index contributed by atoms with van der Waals surface area (Å²) in [6, 6.07) is 5.94. The van der Waals surface area contributed by atoms with Crippen LogP contribution in [0.4, 0.5) is 10.2 Å². The number of nitrogens with one attached hydrogen (secondary N) is 1. The number of nitrogens with two attached hydrogens (primary N) is 1. The lowest BCUT2D eigenvalue weighted by atomic mass is 9.87. The molecule has 0 aliphatic carbocycles. The highest BCUT2D eigenvalue weighted by molar-refractivity contribution is 7.91. The van der Waals surface area contributed by atoms with Crippen LogP contribution in [0.25, 0.3) is 27.7 Å². The summed E-state index contributed by atoms with van der Waals surface area (Å²) in [4.78, 5) is 27.0. The number of H-pyrrole nitrogens is 1. The molecule has 3 N–H and O–H groups in total. The van der Waals surface area contributed by atoms with E-state index in [0.29, 0.717) is 46.2 Å². The van der Waals surface area contributed by atoms with Gasteiger partial charge in [0.2, 0.25) is 5.82 Å². The van der Waals surface area contributed by atoms with Gasteiger partial charge in [0, 0.05) is 47.0 Å². The number of sulfone groups is 1. The van der Waals surface area contributed by atoms with Crippen LogP contribution in [0.3, 0.4) is 0 Å². The molecule has 2 fully saturated rings. The summed E-state index contributed by atoms with van der Waals surface area (Å²) in [6.45, 7) is 0. The lowest BCUT2D eigenvalue weighted by molar-refractivity contribution is 0.0556. The molecule has 0 saturated carbocycles. The first-order chi connectivity index (χ1) is 19.2. The van der Waals surface area contributed by atoms with Crippen molar-refractivity contribution < 1.29 is 17.6 Å². The first kappa shape index (κ1) is 24.6. The number of aromatic nitrogens is 7. The maximum atomic E-state index is 13.9. The second-order valence-corrected chi connectivity index (χ2v) is 12.4. The highest BCUT2D eigenvalue weighted by Crippen LogP contribution is 2.45. The van der Waals surface area contributed by atoms with Crippen LogP contribution >= 0.6 is 0 Å². The van der Waals surface area contributed by atoms with E-state index in [0.717, 1.165) is 19.1 Å². The molecule has 0 radical (unpaired) electrons. The molecule has 40 heavy (non-hydrogen) atoms. The molecule has 2 aliphatic heterocycles. The van der Waals surface area contributed by atoms with Crippen molar-refractivity contribution in [1.82, 2.24) is 39.7 Å². The Morgan fingerprint density at radius 1 is 1.15 bits per heavy atom. The fourth-order valence-electron chi connectivity index (χ4n) is 6.29. The largest absolute Gasteiger partial charge is 0.382 e. The summed E-state index contributed by atoms with van der Waals surface area (Å²) in [6.07, 6.45) is 8.33. The van der Waals surface area contributed by atoms with Crippen LogP contribution in [0.15, 0.2) is 47.9 Å². The average molecular weight is 562 g/mol. The van der Waals surface area contributed by atoms with Gasteiger partial charge in [-0.05, 0) is 49.9 Å². The van der Waals surface area contributed by atoms with Crippen LogP contribution in [0.1, 0.15) is 47.9 Å². The first-order valence-electron chi connectivity index (χ1n) is 12.8. The number of fused-ring (bicyclic) bond motifs is 4. The van der Waals surface area contributed by atoms with Crippen molar-refractivity contribution in [3.05, 3.63) is 60.3 Å². The third-order valence-electron chi connectivity index (χ3n) is 7.96. The third-order valence-corrected chi connectivity index (χ3v) is 9.12. The minimum Gasteiger partial charge on any atom is -0.382 e. The molecular formula is C26H24FN9O3S. The molecule has 2 saturated heterocycles. The number of hydrogen-bond donors (Lipinski definition) is 2. The average Bonchev–Trinajstić information content (AvgIpc) is 3.65. The molecule has 7 rings (SSSR count). The maximum Gasteiger partial charge on any atom is 0.292 e. The quantitative estimate of drug-likeness (QED) is 0.335. The predicted octanol–water partition coefficient (Wildman–Crippen LogP) is 2.74. The number of anilines is 1. The number of carbonyl (C=O) groups is 1. The fourth-order valence-corrected chi connectivity index (χ4v) is 7.35. The number of nitrogen functional groups attached to an aromatic ring is 1. The Balaban J connectivity index is 1.34. The lowest BCUT2D eigenvalue weighted by Crippen LogP contribution is -2.46. The number of nitrogens with zero attached hydrogens (tertiary/aromatic N) is 7. The van der Waals surface area contributed by atoms with Crippen molar-refractivity contribution in [3.8, 4) is 11.1 Å². The van der Waals surface area contributed by atoms with Crippen molar-refractivity contribution in [2.45, 2.75) is 48.6 Å². The van der Waals surface area contributed by atoms with Crippen LogP contribution in [0, 0.1) is 5.82 Å². The lowest BCUT2D eigenvalue weighted by Gasteiger charge is -2.38. The molecule has 5 aromatic rings. The molecule has 3 atom stereocenters. The van der Waals surface area contributed by atoms with Gasteiger partial charge in [0.05, 0.1) is 17.4 Å². The van der Waals surface area contributed by atoms with Crippen LogP contribution in [-0.4, -0.2) is 72.3 Å². The topological polar surface area (TPSA) is 165 Å². The van der Waals surface area contributed by atoms with Gasteiger partial charge in [0.1, 0.15) is 22.9 Å². The van der Waals surface area contributed by atoms with Gasteiger partial charge in [0.15, 0.2) is 15.5 Å². The molecule has 14 heteroatoms. The standard InChI is InChI=1S/C26H24FN9O3S/c1-40(38,39)22-21(14-8-17-3-4-18(9-14)35(17)26(37)24-30-12-31-34-24)33-25-19(11-32-36(25)23(22)28)15-6-13-7-16(27)2-5-20(13)29-10-15/h2,5-7,10-12,14,17-18H,3-4,8-9,28H2,1H3,(H,30,31,34)/t14-,17-,18+. The van der Waals surface area contributed by atoms with Crippen molar-refractivity contribution in [3.63, 3.8) is 0 Å². The molecule has 204 valence electrons. The second-order valence-electron chi connectivity index (χ2n) is 10.4. The number of halogens is 1. The number of aromatic amines is 1. The first-order valence-corrected chi connectivity index (χ1v) is 14.7. The van der Waals surface area contributed by atoms with E-state index in [9.17, 15) is 17.6 Å². The molecular weight excluding hydrogens is 537 g/mol. The van der Waals surface area contributed by atoms with E-state index in [1.807, 2.05) is 4.90 Å². The summed E-state index contributed by atoms with van der Waals surface area (Å²) in [5.74, 6) is -0.686. The SMILES string of the molecule is CS(=O)(=O)c1c([C@@H]2C[C@H]3CC[C@@H](C2)N3C(=O)c2nnc[nH]2)nc2c(-c3cnc4ccc(F)cc4c3)cnn2c1N. The Kier molecular flexibility index (Phi) is 5.39. The van der Waals surface area contributed by atoms with Gasteiger partial charge in [-0.2, -0.15) is 9.61 Å². The molecule has 0 spiro atoms. The maximum absolute atomic E-state index is 13.9. The number of pyridine rings is 1. The molecule has 6 heterocycles. The Hall–Kier alpha value is -4.46. The predicted molar refractivity (Wildman–Crippen MR) is 143 cm³/mol. The van der Waals surface area contributed by atoms with Crippen LogP contribution in [0.2, 0.25) is 0 Å². The minimum absolute atomic E-state index is 0.0268. The highest BCUT2D eigenvalue weighted by atomic mass is 32.2. The zero-order chi connectivity index (χ0) is 27.8. The molecule has 1 amide bonds. The van der Waals surface area contributed by atoms with E-state index in [1.165, 1.54) is 23.0 Å². The summed E-state index contributed by atoms with van der Waals surface area (Å²) in [7, 11) is -3.78. The number of piperidine rings is 1. The molecule has 2 bridgehead atoms. The normalized spacial score (nSPS) is 20.9. The monoisotopic (exact) mass is 561 g/mol. The summed E-state index contributed by atoms with van der Waals surface area (Å²) < 4.78 is 41.3. The van der Waals surface area contributed by atoms with Gasteiger partial charge in [-0.1, -0.05) is 0 Å². The highest BCUT2D eigenvalue weighted by Gasteiger charge is 2.46. The summed E-state index contributed by atoms with van der Waals surface area (Å²) in [5.41, 5.74) is 9.09. The van der Waals surface area contributed by atoms with Crippen LogP contribution in [0.5, 0.6) is 0 Å². The molecule has 2 aliphatic rings. The number of benzene rings is 1. The smallest absolute Gasteiger partial charge is 0.292 e. The third kappa shape index (κ3) is 3.81. The van der Waals surface area contributed by atoms with Crippen molar-refractivity contribution in [2.75, 3.05) is 12.0 Å². The van der Waals surface area contributed by atoms with Crippen molar-refractivity contribution in [1.29, 1.82) is 0 Å². The van der Waals surface area contributed by atoms with Gasteiger partial charge in [-0.3, -0.25) is 9.78 Å². The molecule has 4 aromatic heterocycles. The van der Waals surface area contributed by atoms with Crippen molar-refractivity contribution >= 4 is 38.1 Å². The minimum atomic E-state index is -3.78. The molecule has 1 aromatic carbocycles. The number of amides is 1. The van der Waals surface area contributed by atoms with Crippen LogP contribution in [-0.2, 0) is 9.84 Å². The van der Waals surface area contributed by atoms with Gasteiger partial charge in [-0.25, -0.2) is 17.8 Å². The Morgan fingerprint density at radius 3 is 2.62 bits per heavy atom. The second kappa shape index (κ2) is 8.78. The Bertz CT molecular complexity index is 1910. The van der Waals surface area contributed by atoms with Crippen molar-refractivity contribution in [2.24, 2.45) is 0 Å². The number of hydrogen-bond acceptors (Lipinski definition) is 9. The summed E-state index contributed by atoms with van der Waals surface area (Å²) >= 11 is 0. The van der Waals surface area contributed by atoms with E-state index in [1.54, 1.807) is 24.5 Å². The van der Waals surface area contributed by atoms with Gasteiger partial charge < -0.3 is 15.6 Å². The van der Waals surface area contributed by atoms with E-state index in [-0.39, 0.29) is 46.3 Å². The van der Waals surface area contributed by atoms with Gasteiger partial charge >= 0.3 is 0 Å². The van der Waals surface area contributed by atoms with E-state index in [2.05, 4.69) is 25.3 Å². The molecule has 12 nitrogen and oxygen atoms in total. The van der Waals surface area contributed by atoms with E-state index < -0.39 is 9.84 Å². The number of rotatable bonds is 4. The fraction of sp³-hybridized carbons (Fsp3) is 0.308. The Labute approximate surface area is 227 Å². The van der Waals surface area contributed by atoms with E-state index in [4.69, 9.17) is 10.7 Å². The zero-order valence-corrected chi connectivity index (χ0v) is 22.1. The van der Waals surface area contributed by atoms with Gasteiger partial charge in [-0.15, -0.1) is 10.2 Å². The Morgan fingerprint density at radius 2 is 1.93 bits per heavy atom. The van der Waals surface area contributed by atoms with Gasteiger partial charge in [0.25, 0.3) is 5.91 Å². The zero-order valence-electron chi connectivity index (χ0n) is 21.3. The summed E-state index contributed by atoms with van der Waals surface area (Å²) in [5, 5.41) is 12.6. The molecule has 0 unspecified atom stereocenters. The number of carbonyl (C=O) groups excluding carboxylic acids is 1.